The largest absolute Gasteiger partial charge is 0.482 e. The molecule has 12 heteroatoms. The Kier molecular flexibility index (Phi) is 7.96. The van der Waals surface area contributed by atoms with Crippen LogP contribution in [0.1, 0.15) is 46.7 Å². The number of carbonyl (C=O) groups excluding carboxylic acids is 2. The van der Waals surface area contributed by atoms with Crippen molar-refractivity contribution >= 4 is 29.5 Å². The van der Waals surface area contributed by atoms with Crippen LogP contribution in [0.5, 0.6) is 5.75 Å². The second kappa shape index (κ2) is 11.8. The van der Waals surface area contributed by atoms with Crippen LogP contribution in [-0.2, 0) is 24.3 Å². The Hall–Kier alpha value is -5.13. The van der Waals surface area contributed by atoms with Gasteiger partial charge in [0.1, 0.15) is 17.8 Å². The number of anilines is 2. The van der Waals surface area contributed by atoms with Crippen molar-refractivity contribution in [2.45, 2.75) is 33.4 Å². The molecule has 0 aliphatic carbocycles. The number of oxazole rings is 1. The van der Waals surface area contributed by atoms with E-state index in [-0.39, 0.29) is 37.1 Å². The van der Waals surface area contributed by atoms with Crippen LogP contribution in [-0.4, -0.2) is 34.6 Å². The first-order valence-electron chi connectivity index (χ1n) is 13.2. The van der Waals surface area contributed by atoms with Crippen molar-refractivity contribution in [1.82, 2.24) is 9.97 Å². The van der Waals surface area contributed by atoms with Crippen molar-refractivity contribution in [2.75, 3.05) is 16.8 Å². The number of nitrogens with zero attached hydrogens (tertiary/aromatic N) is 3. The van der Waals surface area contributed by atoms with Crippen molar-refractivity contribution in [3.8, 4) is 16.9 Å². The molecule has 4 aromatic rings. The summed E-state index contributed by atoms with van der Waals surface area (Å²) in [6.07, 6.45) is 4.33. The molecule has 2 amide bonds. The zero-order valence-electron chi connectivity index (χ0n) is 22.9. The third kappa shape index (κ3) is 5.69. The Labute approximate surface area is 240 Å². The fourth-order valence-electron chi connectivity index (χ4n) is 4.88. The number of nitrogens with one attached hydrogen (secondary N) is 2. The average molecular weight is 575 g/mol. The summed E-state index contributed by atoms with van der Waals surface area (Å²) >= 11 is 0. The summed E-state index contributed by atoms with van der Waals surface area (Å²) in [6, 6.07) is 8.46. The zero-order valence-corrected chi connectivity index (χ0v) is 22.9. The number of nitrogens with two attached hydrogens (primary N) is 1. The molecule has 2 aromatic heterocycles. The second-order valence-electron chi connectivity index (χ2n) is 10.2. The van der Waals surface area contributed by atoms with Crippen molar-refractivity contribution in [3.05, 3.63) is 88.8 Å². The van der Waals surface area contributed by atoms with Crippen LogP contribution in [0.3, 0.4) is 0 Å². The maximum absolute atomic E-state index is 13.8. The molecule has 0 atom stereocenters. The monoisotopic (exact) mass is 574 g/mol. The molecule has 0 fully saturated rings. The van der Waals surface area contributed by atoms with E-state index in [1.807, 2.05) is 13.8 Å². The van der Waals surface area contributed by atoms with E-state index in [1.165, 1.54) is 23.6 Å². The number of hydrogen-bond acceptors (Lipinski definition) is 8. The molecule has 4 N–H and O–H groups in total. The van der Waals surface area contributed by atoms with E-state index >= 15 is 0 Å². The third-order valence-electron chi connectivity index (χ3n) is 6.74. The Morgan fingerprint density at radius 1 is 1.21 bits per heavy atom. The molecular weight excluding hydrogens is 546 g/mol. The Balaban J connectivity index is 1.61. The Morgan fingerprint density at radius 3 is 2.69 bits per heavy atom. The number of primary amides is 1. The summed E-state index contributed by atoms with van der Waals surface area (Å²) in [5.41, 5.74) is 9.21. The zero-order chi connectivity index (χ0) is 30.0. The van der Waals surface area contributed by atoms with Crippen molar-refractivity contribution in [1.29, 1.82) is 5.41 Å². The van der Waals surface area contributed by atoms with Crippen molar-refractivity contribution in [2.24, 2.45) is 11.7 Å². The van der Waals surface area contributed by atoms with Gasteiger partial charge in [0.05, 0.1) is 35.7 Å². The Bertz CT molecular complexity index is 1670. The number of halogens is 2. The summed E-state index contributed by atoms with van der Waals surface area (Å²) in [4.78, 5) is 35.9. The minimum atomic E-state index is -1.01. The summed E-state index contributed by atoms with van der Waals surface area (Å²) in [5.74, 6) is -2.22. The molecule has 0 saturated heterocycles. The molecule has 0 saturated carbocycles. The van der Waals surface area contributed by atoms with Gasteiger partial charge in [-0.2, -0.15) is 0 Å². The van der Waals surface area contributed by atoms with Crippen LogP contribution in [0.2, 0.25) is 0 Å². The van der Waals surface area contributed by atoms with Crippen LogP contribution in [0.25, 0.3) is 11.1 Å². The van der Waals surface area contributed by atoms with E-state index in [0.29, 0.717) is 57.3 Å². The number of amides is 2. The maximum Gasteiger partial charge on any atom is 0.265 e. The van der Waals surface area contributed by atoms with Crippen LogP contribution in [0.4, 0.5) is 20.3 Å². The SMILES string of the molecule is CC(C)Cc1nc(NCc2cocn2)c(C=N)c(-c2ccc3c(c2)OCC(=O)N3Cc2ccc(F)c(F)c2)c1C(N)=O. The number of aromatic nitrogens is 2. The lowest BCUT2D eigenvalue weighted by atomic mass is 9.90. The second-order valence-corrected chi connectivity index (χ2v) is 10.2. The van der Waals surface area contributed by atoms with E-state index in [0.717, 1.165) is 18.3 Å². The topological polar surface area (TPSA) is 147 Å². The van der Waals surface area contributed by atoms with E-state index < -0.39 is 17.5 Å². The van der Waals surface area contributed by atoms with Crippen LogP contribution in [0, 0.1) is 23.0 Å². The number of rotatable bonds is 10. The molecule has 2 aromatic carbocycles. The molecule has 5 rings (SSSR count). The van der Waals surface area contributed by atoms with E-state index in [2.05, 4.69) is 10.3 Å². The van der Waals surface area contributed by atoms with Gasteiger partial charge in [0.15, 0.2) is 24.6 Å². The highest BCUT2D eigenvalue weighted by atomic mass is 19.2. The normalized spacial score (nSPS) is 12.7. The molecule has 0 bridgehead atoms. The fourth-order valence-corrected chi connectivity index (χ4v) is 4.88. The first-order chi connectivity index (χ1) is 20.2. The molecule has 1 aliphatic heterocycles. The van der Waals surface area contributed by atoms with Gasteiger partial charge in [-0.15, -0.1) is 0 Å². The number of pyridine rings is 1. The van der Waals surface area contributed by atoms with Gasteiger partial charge < -0.3 is 30.5 Å². The highest BCUT2D eigenvalue weighted by Crippen LogP contribution is 2.40. The highest BCUT2D eigenvalue weighted by Gasteiger charge is 2.29. The standard InChI is InChI=1S/C30H28F2N6O4/c1-16(2)7-23-28(29(34)40)27(20(10-33)30(37-23)35-11-19-13-41-15-36-19)18-4-6-24-25(9-18)42-14-26(39)38(24)12-17-3-5-21(31)22(32)8-17/h3-6,8-10,13,15-16,33H,7,11-12,14H2,1-2H3,(H2,34,40)(H,35,37). The van der Waals surface area contributed by atoms with Crippen LogP contribution < -0.4 is 20.7 Å². The lowest BCUT2D eigenvalue weighted by molar-refractivity contribution is -0.121. The van der Waals surface area contributed by atoms with Crippen LogP contribution in [0.15, 0.2) is 53.5 Å². The molecule has 3 heterocycles. The minimum Gasteiger partial charge on any atom is -0.482 e. The van der Waals surface area contributed by atoms with Gasteiger partial charge in [0.25, 0.3) is 11.8 Å². The van der Waals surface area contributed by atoms with Crippen molar-refractivity contribution < 1.29 is 27.5 Å². The molecule has 0 spiro atoms. The average Bonchev–Trinajstić information content (AvgIpc) is 3.48. The molecule has 42 heavy (non-hydrogen) atoms. The van der Waals surface area contributed by atoms with Gasteiger partial charge in [-0.25, -0.2) is 18.7 Å². The van der Waals surface area contributed by atoms with Gasteiger partial charge >= 0.3 is 0 Å². The predicted molar refractivity (Wildman–Crippen MR) is 151 cm³/mol. The number of hydrogen-bond donors (Lipinski definition) is 3. The summed E-state index contributed by atoms with van der Waals surface area (Å²) in [5, 5.41) is 11.4. The van der Waals surface area contributed by atoms with Gasteiger partial charge in [-0.3, -0.25) is 9.59 Å². The number of carbonyl (C=O) groups is 2. The first kappa shape index (κ1) is 28.4. The number of ether oxygens (including phenoxy) is 1. The maximum atomic E-state index is 13.8. The van der Waals surface area contributed by atoms with Crippen LogP contribution >= 0.6 is 0 Å². The van der Waals surface area contributed by atoms with E-state index in [9.17, 15) is 18.4 Å². The quantitative estimate of drug-likeness (QED) is 0.230. The minimum absolute atomic E-state index is 0.00602. The van der Waals surface area contributed by atoms with Gasteiger partial charge in [0.2, 0.25) is 0 Å². The van der Waals surface area contributed by atoms with Gasteiger partial charge in [-0.1, -0.05) is 26.0 Å². The third-order valence-corrected chi connectivity index (χ3v) is 6.74. The van der Waals surface area contributed by atoms with E-state index in [1.54, 1.807) is 18.2 Å². The number of fused-ring (bicyclic) bond motifs is 1. The van der Waals surface area contributed by atoms with Gasteiger partial charge in [-0.05, 0) is 47.7 Å². The number of benzene rings is 2. The molecular formula is C30H28F2N6O4. The van der Waals surface area contributed by atoms with Gasteiger partial charge in [0, 0.05) is 17.3 Å². The lowest BCUT2D eigenvalue weighted by Crippen LogP contribution is -2.38. The summed E-state index contributed by atoms with van der Waals surface area (Å²) in [6.45, 7) is 3.96. The molecule has 1 aliphatic rings. The smallest absolute Gasteiger partial charge is 0.265 e. The molecule has 0 unspecified atom stereocenters. The van der Waals surface area contributed by atoms with Crippen molar-refractivity contribution in [3.63, 3.8) is 0 Å². The molecule has 10 nitrogen and oxygen atoms in total. The lowest BCUT2D eigenvalue weighted by Gasteiger charge is -2.30. The summed E-state index contributed by atoms with van der Waals surface area (Å²) < 4.78 is 38.1. The first-order valence-corrected chi connectivity index (χ1v) is 13.2. The Morgan fingerprint density at radius 2 is 2.02 bits per heavy atom. The summed E-state index contributed by atoms with van der Waals surface area (Å²) in [7, 11) is 0. The molecule has 0 radical (unpaired) electrons. The predicted octanol–water partition coefficient (Wildman–Crippen LogP) is 4.85. The fraction of sp³-hybridized carbons (Fsp3) is 0.233. The molecule has 216 valence electrons. The highest BCUT2D eigenvalue weighted by molar-refractivity contribution is 6.08. The van der Waals surface area contributed by atoms with E-state index in [4.69, 9.17) is 25.3 Å².